The number of hydrogen-bond donors (Lipinski definition) is 4. The molecular weight excluding hydrogens is 509 g/mol. The SMILES string of the molecule is Cn1nc(C2(c3noc(CO)n3)N[C@@H](c3ncc(-c4ccc(F)cn4)[nH]3)Cc3c2[nH]c2ccccc32)oc1=O. The number of aliphatic hydroxyl groups is 1. The Labute approximate surface area is 217 Å². The predicted octanol–water partition coefficient (Wildman–Crippen LogP) is 1.83. The lowest BCUT2D eigenvalue weighted by Crippen LogP contribution is -2.52. The van der Waals surface area contributed by atoms with Crippen LogP contribution in [0, 0.1) is 5.82 Å². The average molecular weight is 529 g/mol. The lowest BCUT2D eigenvalue weighted by Gasteiger charge is -2.37. The van der Waals surface area contributed by atoms with Gasteiger partial charge in [-0.3, -0.25) is 10.3 Å². The van der Waals surface area contributed by atoms with Crippen molar-refractivity contribution in [3.63, 3.8) is 0 Å². The number of nitrogens with one attached hydrogen (secondary N) is 3. The normalized spacial score (nSPS) is 19.0. The first-order valence-corrected chi connectivity index (χ1v) is 12.0. The molecule has 1 unspecified atom stereocenters. The Balaban J connectivity index is 1.46. The number of rotatable bonds is 5. The summed E-state index contributed by atoms with van der Waals surface area (Å²) in [6.07, 6.45) is 3.23. The number of H-pyrrole nitrogens is 2. The van der Waals surface area contributed by atoms with Crippen LogP contribution in [0.2, 0.25) is 0 Å². The largest absolute Gasteiger partial charge is 0.436 e. The smallest absolute Gasteiger partial charge is 0.389 e. The minimum atomic E-state index is -1.52. The van der Waals surface area contributed by atoms with Crippen LogP contribution in [-0.2, 0) is 25.6 Å². The Hall–Kier alpha value is -4.95. The van der Waals surface area contributed by atoms with E-state index < -0.39 is 29.8 Å². The van der Waals surface area contributed by atoms with Crippen molar-refractivity contribution in [2.75, 3.05) is 0 Å². The second kappa shape index (κ2) is 8.54. The Kier molecular flexibility index (Phi) is 5.08. The molecule has 196 valence electrons. The van der Waals surface area contributed by atoms with Gasteiger partial charge in [0.25, 0.3) is 11.8 Å². The molecule has 0 saturated heterocycles. The summed E-state index contributed by atoms with van der Waals surface area (Å²) < 4.78 is 25.4. The van der Waals surface area contributed by atoms with Gasteiger partial charge in [-0.2, -0.15) is 9.67 Å². The highest BCUT2D eigenvalue weighted by molar-refractivity contribution is 5.86. The summed E-state index contributed by atoms with van der Waals surface area (Å²) in [6, 6.07) is 10.1. The van der Waals surface area contributed by atoms with Crippen molar-refractivity contribution in [3.8, 4) is 11.4 Å². The Morgan fingerprint density at radius 1 is 1.18 bits per heavy atom. The van der Waals surface area contributed by atoms with E-state index in [9.17, 15) is 14.3 Å². The number of fused-ring (bicyclic) bond motifs is 3. The van der Waals surface area contributed by atoms with Gasteiger partial charge in [-0.05, 0) is 30.2 Å². The van der Waals surface area contributed by atoms with Gasteiger partial charge in [0.2, 0.25) is 11.4 Å². The van der Waals surface area contributed by atoms with Gasteiger partial charge < -0.3 is 24.0 Å². The number of imidazole rings is 1. The topological polar surface area (TPSA) is 177 Å². The first-order valence-electron chi connectivity index (χ1n) is 12.0. The molecule has 13 nitrogen and oxygen atoms in total. The molecule has 1 aromatic carbocycles. The van der Waals surface area contributed by atoms with Crippen LogP contribution in [0.15, 0.2) is 62.5 Å². The van der Waals surface area contributed by atoms with Crippen molar-refractivity contribution in [2.45, 2.75) is 24.6 Å². The van der Waals surface area contributed by atoms with E-state index in [2.05, 4.69) is 40.5 Å². The van der Waals surface area contributed by atoms with Gasteiger partial charge >= 0.3 is 5.76 Å². The van der Waals surface area contributed by atoms with E-state index in [1.165, 1.54) is 13.1 Å². The van der Waals surface area contributed by atoms with Gasteiger partial charge in [0.1, 0.15) is 18.2 Å². The number of nitrogens with zero attached hydrogens (tertiary/aromatic N) is 6. The highest BCUT2D eigenvalue weighted by atomic mass is 19.1. The lowest BCUT2D eigenvalue weighted by atomic mass is 9.82. The molecule has 0 radical (unpaired) electrons. The molecule has 39 heavy (non-hydrogen) atoms. The van der Waals surface area contributed by atoms with Crippen molar-refractivity contribution < 1.29 is 18.4 Å². The van der Waals surface area contributed by atoms with Gasteiger partial charge in [0.05, 0.1) is 35.5 Å². The fourth-order valence-electron chi connectivity index (χ4n) is 5.07. The van der Waals surface area contributed by atoms with Crippen LogP contribution in [-0.4, -0.2) is 45.0 Å². The number of aromatic nitrogens is 8. The van der Waals surface area contributed by atoms with E-state index in [-0.39, 0.29) is 17.6 Å². The molecule has 1 aliphatic rings. The molecule has 5 aromatic heterocycles. The summed E-state index contributed by atoms with van der Waals surface area (Å²) in [4.78, 5) is 32.3. The first-order chi connectivity index (χ1) is 19.0. The molecular formula is C25H20FN9O4. The van der Waals surface area contributed by atoms with Crippen molar-refractivity contribution in [1.82, 2.24) is 45.2 Å². The second-order valence-electron chi connectivity index (χ2n) is 9.19. The van der Waals surface area contributed by atoms with E-state index >= 15 is 0 Å². The number of para-hydroxylation sites is 1. The van der Waals surface area contributed by atoms with E-state index in [1.807, 2.05) is 24.3 Å². The van der Waals surface area contributed by atoms with Crippen molar-refractivity contribution in [1.29, 1.82) is 0 Å². The third kappa shape index (κ3) is 3.53. The highest BCUT2D eigenvalue weighted by Crippen LogP contribution is 2.45. The fourth-order valence-corrected chi connectivity index (χ4v) is 5.07. The Morgan fingerprint density at radius 2 is 2.05 bits per heavy atom. The van der Waals surface area contributed by atoms with Gasteiger partial charge in [0, 0.05) is 18.0 Å². The molecule has 0 saturated carbocycles. The molecule has 0 aliphatic carbocycles. The number of halogens is 1. The molecule has 6 heterocycles. The number of aliphatic hydroxyl groups excluding tert-OH is 1. The van der Waals surface area contributed by atoms with E-state index in [4.69, 9.17) is 8.94 Å². The summed E-state index contributed by atoms with van der Waals surface area (Å²) in [5, 5.41) is 22.6. The van der Waals surface area contributed by atoms with Crippen LogP contribution < -0.4 is 11.1 Å². The van der Waals surface area contributed by atoms with Crippen LogP contribution in [0.1, 0.15) is 40.7 Å². The van der Waals surface area contributed by atoms with Crippen LogP contribution in [0.25, 0.3) is 22.3 Å². The molecule has 0 bridgehead atoms. The molecule has 0 amide bonds. The molecule has 4 N–H and O–H groups in total. The summed E-state index contributed by atoms with van der Waals surface area (Å²) >= 11 is 0. The Bertz CT molecular complexity index is 1880. The number of aryl methyl sites for hydroxylation is 1. The zero-order valence-electron chi connectivity index (χ0n) is 20.3. The number of hydrogen-bond acceptors (Lipinski definition) is 10. The van der Waals surface area contributed by atoms with E-state index in [1.54, 1.807) is 12.3 Å². The summed E-state index contributed by atoms with van der Waals surface area (Å²) in [7, 11) is 1.47. The predicted molar refractivity (Wildman–Crippen MR) is 132 cm³/mol. The molecule has 14 heteroatoms. The van der Waals surface area contributed by atoms with Crippen LogP contribution in [0.4, 0.5) is 4.39 Å². The minimum Gasteiger partial charge on any atom is -0.389 e. The average Bonchev–Trinajstić information content (AvgIpc) is 3.75. The first kappa shape index (κ1) is 23.2. The standard InChI is InChI=1S/C25H20FN9O4/c1-35-24(37)38-23(33-35)25(22-31-19(11-36)39-34-22)20-14(13-4-2-3-5-15(13)29-20)8-17(32-25)21-28-10-18(30-21)16-7-6-12(26)9-27-16/h2-7,9-10,17,29,32,36H,8,11H2,1H3,(H,28,30)/t17-,25?/m1/s1. The number of benzene rings is 1. The molecule has 0 fully saturated rings. The maximum atomic E-state index is 13.4. The summed E-state index contributed by atoms with van der Waals surface area (Å²) in [6.45, 7) is -0.482. The highest BCUT2D eigenvalue weighted by Gasteiger charge is 2.53. The van der Waals surface area contributed by atoms with Gasteiger partial charge in [-0.25, -0.2) is 14.2 Å². The summed E-state index contributed by atoms with van der Waals surface area (Å²) in [5.41, 5.74) is 1.94. The van der Waals surface area contributed by atoms with Crippen molar-refractivity contribution in [3.05, 3.63) is 99.8 Å². The lowest BCUT2D eigenvalue weighted by molar-refractivity contribution is 0.220. The maximum absolute atomic E-state index is 13.4. The molecule has 0 spiro atoms. The zero-order valence-corrected chi connectivity index (χ0v) is 20.3. The fraction of sp³-hybridized carbons (Fsp3) is 0.200. The van der Waals surface area contributed by atoms with Gasteiger partial charge in [0.15, 0.2) is 0 Å². The third-order valence-electron chi connectivity index (χ3n) is 6.87. The van der Waals surface area contributed by atoms with E-state index in [0.717, 1.165) is 27.3 Å². The van der Waals surface area contributed by atoms with Gasteiger partial charge in [-0.1, -0.05) is 23.4 Å². The number of aromatic amines is 2. The van der Waals surface area contributed by atoms with Crippen molar-refractivity contribution in [2.24, 2.45) is 7.05 Å². The van der Waals surface area contributed by atoms with Crippen LogP contribution in [0.5, 0.6) is 0 Å². The monoisotopic (exact) mass is 529 g/mol. The molecule has 1 aliphatic heterocycles. The molecule has 6 aromatic rings. The molecule has 7 rings (SSSR count). The molecule has 2 atom stereocenters. The zero-order chi connectivity index (χ0) is 26.7. The maximum Gasteiger partial charge on any atom is 0.436 e. The quantitative estimate of drug-likeness (QED) is 0.258. The third-order valence-corrected chi connectivity index (χ3v) is 6.87. The van der Waals surface area contributed by atoms with Crippen molar-refractivity contribution >= 4 is 10.9 Å². The van der Waals surface area contributed by atoms with Crippen LogP contribution >= 0.6 is 0 Å². The van der Waals surface area contributed by atoms with Crippen LogP contribution in [0.3, 0.4) is 0 Å². The summed E-state index contributed by atoms with van der Waals surface area (Å²) in [5.74, 6) is -0.544. The van der Waals surface area contributed by atoms with E-state index in [0.29, 0.717) is 29.3 Å². The Morgan fingerprint density at radius 3 is 2.79 bits per heavy atom. The second-order valence-corrected chi connectivity index (χ2v) is 9.19. The van der Waals surface area contributed by atoms with Gasteiger partial charge in [-0.15, -0.1) is 5.10 Å². The number of pyridine rings is 1. The minimum absolute atomic E-state index is 0.0214.